The number of halogens is 2. The second-order valence-electron chi connectivity index (χ2n) is 3.63. The average molecular weight is 272 g/mol. The third-order valence-electron chi connectivity index (χ3n) is 2.14. The van der Waals surface area contributed by atoms with Crippen LogP contribution in [-0.4, -0.2) is 31.4 Å². The van der Waals surface area contributed by atoms with Gasteiger partial charge in [-0.3, -0.25) is 9.59 Å². The number of hydrogen-bond acceptors (Lipinski definition) is 4. The number of esters is 1. The number of Topliss-reactive ketones (excluding diaryl/α,β-unsaturated/α-hetero) is 1. The number of carbonyl (C=O) groups is 2. The van der Waals surface area contributed by atoms with Crippen LogP contribution < -0.4 is 4.74 Å². The lowest BCUT2D eigenvalue weighted by molar-refractivity contribution is -0.141. The van der Waals surface area contributed by atoms with Gasteiger partial charge in [0.05, 0.1) is 6.61 Å². The Balaban J connectivity index is 2.65. The average Bonchev–Trinajstić information content (AvgIpc) is 2.37. The first-order valence-corrected chi connectivity index (χ1v) is 5.72. The summed E-state index contributed by atoms with van der Waals surface area (Å²) in [5, 5.41) is 0. The standard InChI is InChI=1S/C13H14F2O4/c1-2-18-13(17)7-11(16)9-4-3-5-10(6-9)19-8-12(14)15/h3-6,12H,2,7-8H2,1H3. The minimum atomic E-state index is -2.58. The third kappa shape index (κ3) is 5.46. The highest BCUT2D eigenvalue weighted by Gasteiger charge is 2.13. The molecule has 0 heterocycles. The number of rotatable bonds is 7. The quantitative estimate of drug-likeness (QED) is 0.434. The first-order chi connectivity index (χ1) is 9.02. The molecule has 0 saturated carbocycles. The molecule has 0 bridgehead atoms. The van der Waals surface area contributed by atoms with Crippen molar-refractivity contribution in [2.75, 3.05) is 13.2 Å². The summed E-state index contributed by atoms with van der Waals surface area (Å²) in [6, 6.07) is 5.77. The number of carbonyl (C=O) groups excluding carboxylic acids is 2. The predicted molar refractivity (Wildman–Crippen MR) is 63.5 cm³/mol. The summed E-state index contributed by atoms with van der Waals surface area (Å²) in [4.78, 5) is 22.9. The van der Waals surface area contributed by atoms with Gasteiger partial charge in [-0.05, 0) is 19.1 Å². The fourth-order valence-corrected chi connectivity index (χ4v) is 1.36. The van der Waals surface area contributed by atoms with Gasteiger partial charge in [0.15, 0.2) is 5.78 Å². The molecule has 1 aromatic rings. The van der Waals surface area contributed by atoms with E-state index in [0.717, 1.165) is 0 Å². The first kappa shape index (κ1) is 15.1. The maximum absolute atomic E-state index is 12.0. The highest BCUT2D eigenvalue weighted by Crippen LogP contribution is 2.15. The van der Waals surface area contributed by atoms with E-state index < -0.39 is 24.8 Å². The molecule has 0 aromatic heterocycles. The summed E-state index contributed by atoms with van der Waals surface area (Å²) >= 11 is 0. The maximum Gasteiger partial charge on any atom is 0.313 e. The van der Waals surface area contributed by atoms with Gasteiger partial charge in [0.25, 0.3) is 6.43 Å². The topological polar surface area (TPSA) is 52.6 Å². The molecule has 0 N–H and O–H groups in total. The molecule has 1 rings (SSSR count). The van der Waals surface area contributed by atoms with Crippen LogP contribution in [0.5, 0.6) is 5.75 Å². The van der Waals surface area contributed by atoms with Gasteiger partial charge in [0.2, 0.25) is 0 Å². The van der Waals surface area contributed by atoms with Crippen LogP contribution in [0.2, 0.25) is 0 Å². The van der Waals surface area contributed by atoms with Gasteiger partial charge in [-0.25, -0.2) is 8.78 Å². The van der Waals surface area contributed by atoms with E-state index in [4.69, 9.17) is 4.74 Å². The van der Waals surface area contributed by atoms with Crippen LogP contribution in [0.15, 0.2) is 24.3 Å². The lowest BCUT2D eigenvalue weighted by Gasteiger charge is -2.07. The van der Waals surface area contributed by atoms with Gasteiger partial charge in [-0.1, -0.05) is 12.1 Å². The fourth-order valence-electron chi connectivity index (χ4n) is 1.36. The molecule has 0 amide bonds. The van der Waals surface area contributed by atoms with Crippen molar-refractivity contribution >= 4 is 11.8 Å². The molecular formula is C13H14F2O4. The monoisotopic (exact) mass is 272 g/mol. The van der Waals surface area contributed by atoms with Crippen molar-refractivity contribution in [3.05, 3.63) is 29.8 Å². The van der Waals surface area contributed by atoms with Crippen LogP contribution in [0.1, 0.15) is 23.7 Å². The number of ether oxygens (including phenoxy) is 2. The van der Waals surface area contributed by atoms with E-state index >= 15 is 0 Å². The minimum absolute atomic E-state index is 0.162. The van der Waals surface area contributed by atoms with Gasteiger partial charge >= 0.3 is 5.97 Å². The summed E-state index contributed by atoms with van der Waals surface area (Å²) in [6.07, 6.45) is -2.97. The zero-order valence-electron chi connectivity index (χ0n) is 10.4. The Bertz CT molecular complexity index is 446. The second kappa shape index (κ2) is 7.45. The van der Waals surface area contributed by atoms with Crippen molar-refractivity contribution < 1.29 is 27.8 Å². The molecule has 0 radical (unpaired) electrons. The van der Waals surface area contributed by atoms with Crippen molar-refractivity contribution in [3.8, 4) is 5.75 Å². The van der Waals surface area contributed by atoms with Crippen molar-refractivity contribution in [3.63, 3.8) is 0 Å². The van der Waals surface area contributed by atoms with E-state index in [9.17, 15) is 18.4 Å². The van der Waals surface area contributed by atoms with E-state index in [1.807, 2.05) is 0 Å². The lowest BCUT2D eigenvalue weighted by atomic mass is 10.1. The summed E-state index contributed by atoms with van der Waals surface area (Å²) in [5.74, 6) is -0.901. The third-order valence-corrected chi connectivity index (χ3v) is 2.14. The van der Waals surface area contributed by atoms with Crippen LogP contribution >= 0.6 is 0 Å². The minimum Gasteiger partial charge on any atom is -0.488 e. The molecule has 0 atom stereocenters. The van der Waals surface area contributed by atoms with Crippen LogP contribution in [0.3, 0.4) is 0 Å². The van der Waals surface area contributed by atoms with E-state index in [0.29, 0.717) is 0 Å². The van der Waals surface area contributed by atoms with Crippen molar-refractivity contribution in [1.82, 2.24) is 0 Å². The molecule has 4 nitrogen and oxygen atoms in total. The van der Waals surface area contributed by atoms with Crippen molar-refractivity contribution in [2.45, 2.75) is 19.8 Å². The molecule has 0 spiro atoms. The SMILES string of the molecule is CCOC(=O)CC(=O)c1cccc(OCC(F)F)c1. The molecular weight excluding hydrogens is 258 g/mol. The van der Waals surface area contributed by atoms with E-state index in [1.54, 1.807) is 6.92 Å². The molecule has 0 aliphatic carbocycles. The van der Waals surface area contributed by atoms with Gasteiger partial charge in [-0.2, -0.15) is 0 Å². The van der Waals surface area contributed by atoms with Gasteiger partial charge in [0, 0.05) is 5.56 Å². The number of ketones is 1. The Kier molecular flexibility index (Phi) is 5.92. The van der Waals surface area contributed by atoms with Crippen molar-refractivity contribution in [2.24, 2.45) is 0 Å². The molecule has 19 heavy (non-hydrogen) atoms. The molecule has 0 aliphatic heterocycles. The van der Waals surface area contributed by atoms with Crippen LogP contribution in [0.25, 0.3) is 0 Å². The summed E-state index contributed by atoms with van der Waals surface area (Å²) in [6.45, 7) is 1.10. The largest absolute Gasteiger partial charge is 0.488 e. The lowest BCUT2D eigenvalue weighted by Crippen LogP contribution is -2.12. The fraction of sp³-hybridized carbons (Fsp3) is 0.385. The van der Waals surface area contributed by atoms with Gasteiger partial charge < -0.3 is 9.47 Å². The molecule has 104 valence electrons. The highest BCUT2D eigenvalue weighted by atomic mass is 19.3. The summed E-state index contributed by atoms with van der Waals surface area (Å²) < 4.78 is 33.4. The maximum atomic E-state index is 12.0. The highest BCUT2D eigenvalue weighted by molar-refractivity contribution is 6.06. The Hall–Kier alpha value is -1.98. The van der Waals surface area contributed by atoms with Crippen LogP contribution in [-0.2, 0) is 9.53 Å². The van der Waals surface area contributed by atoms with Gasteiger partial charge in [-0.15, -0.1) is 0 Å². The van der Waals surface area contributed by atoms with E-state index in [1.165, 1.54) is 24.3 Å². The number of hydrogen-bond donors (Lipinski definition) is 0. The number of benzene rings is 1. The molecule has 0 unspecified atom stereocenters. The number of alkyl halides is 2. The Morgan fingerprint density at radius 3 is 2.68 bits per heavy atom. The zero-order valence-corrected chi connectivity index (χ0v) is 10.4. The predicted octanol–water partition coefficient (Wildman–Crippen LogP) is 2.47. The van der Waals surface area contributed by atoms with Crippen molar-refractivity contribution in [1.29, 1.82) is 0 Å². The molecule has 0 aliphatic rings. The summed E-state index contributed by atoms with van der Waals surface area (Å²) in [7, 11) is 0. The molecule has 0 saturated heterocycles. The smallest absolute Gasteiger partial charge is 0.313 e. The van der Waals surface area contributed by atoms with Crippen LogP contribution in [0.4, 0.5) is 8.78 Å². The van der Waals surface area contributed by atoms with E-state index in [-0.39, 0.29) is 24.3 Å². The van der Waals surface area contributed by atoms with E-state index in [2.05, 4.69) is 4.74 Å². The second-order valence-corrected chi connectivity index (χ2v) is 3.63. The Labute approximate surface area is 109 Å². The first-order valence-electron chi connectivity index (χ1n) is 5.72. The molecule has 0 fully saturated rings. The molecule has 1 aromatic carbocycles. The zero-order chi connectivity index (χ0) is 14.3. The normalized spacial score (nSPS) is 10.3. The molecule has 6 heteroatoms. The van der Waals surface area contributed by atoms with Gasteiger partial charge in [0.1, 0.15) is 18.8 Å². The summed E-state index contributed by atoms with van der Waals surface area (Å²) in [5.41, 5.74) is 0.222. The Morgan fingerprint density at radius 2 is 2.05 bits per heavy atom. The van der Waals surface area contributed by atoms with Crippen LogP contribution in [0, 0.1) is 0 Å². The Morgan fingerprint density at radius 1 is 1.32 bits per heavy atom.